The van der Waals surface area contributed by atoms with Crippen LogP contribution in [0.2, 0.25) is 0 Å². The van der Waals surface area contributed by atoms with E-state index in [9.17, 15) is 9.59 Å². The molecule has 0 radical (unpaired) electrons. The summed E-state index contributed by atoms with van der Waals surface area (Å²) in [4.78, 5) is 27.6. The van der Waals surface area contributed by atoms with Crippen molar-refractivity contribution in [2.24, 2.45) is 5.92 Å². The summed E-state index contributed by atoms with van der Waals surface area (Å²) in [6.07, 6.45) is 2.16. The van der Waals surface area contributed by atoms with Crippen molar-refractivity contribution in [2.75, 3.05) is 32.7 Å². The summed E-state index contributed by atoms with van der Waals surface area (Å²) in [6, 6.07) is 15.6. The second kappa shape index (κ2) is 8.95. The Labute approximate surface area is 171 Å². The zero-order chi connectivity index (χ0) is 21.0. The van der Waals surface area contributed by atoms with E-state index in [2.05, 4.69) is 0 Å². The van der Waals surface area contributed by atoms with E-state index in [0.717, 1.165) is 28.1 Å². The van der Waals surface area contributed by atoms with Gasteiger partial charge in [0.25, 0.3) is 0 Å². The number of carbonyl (C=O) groups excluding carboxylic acids is 2. The van der Waals surface area contributed by atoms with Crippen LogP contribution in [0.4, 0.5) is 5.69 Å². The van der Waals surface area contributed by atoms with E-state index >= 15 is 0 Å². The van der Waals surface area contributed by atoms with Gasteiger partial charge in [0.05, 0.1) is 13.7 Å². The molecule has 0 saturated carbocycles. The lowest BCUT2D eigenvalue weighted by molar-refractivity contribution is -0.151. The molecule has 0 aliphatic heterocycles. The fourth-order valence-electron chi connectivity index (χ4n) is 3.74. The van der Waals surface area contributed by atoms with Crippen molar-refractivity contribution in [3.8, 4) is 5.75 Å². The van der Waals surface area contributed by atoms with Gasteiger partial charge in [-0.2, -0.15) is 0 Å². The molecule has 152 valence electrons. The summed E-state index contributed by atoms with van der Waals surface area (Å²) >= 11 is 0. The summed E-state index contributed by atoms with van der Waals surface area (Å²) in [5.41, 5.74) is 3.84. The maximum Gasteiger partial charge on any atom is 0.317 e. The first-order valence-corrected chi connectivity index (χ1v) is 9.77. The lowest BCUT2D eigenvalue weighted by atomic mass is 9.73. The van der Waals surface area contributed by atoms with Gasteiger partial charge < -0.3 is 14.4 Å². The Bertz CT molecular complexity index is 915. The number of esters is 1. The number of nitrogens with zero attached hydrogens (tertiary/aromatic N) is 1. The minimum Gasteiger partial charge on any atom is -0.497 e. The number of ketones is 1. The van der Waals surface area contributed by atoms with Gasteiger partial charge in [0.15, 0.2) is 5.78 Å². The van der Waals surface area contributed by atoms with Crippen LogP contribution in [0.25, 0.3) is 5.57 Å². The van der Waals surface area contributed by atoms with Crippen LogP contribution >= 0.6 is 0 Å². The quantitative estimate of drug-likeness (QED) is 0.547. The molecule has 5 heteroatoms. The Morgan fingerprint density at radius 2 is 1.86 bits per heavy atom. The number of allylic oxidation sites excluding steroid dienone is 2. The molecular weight excluding hydrogens is 366 g/mol. The number of anilines is 1. The molecule has 2 aromatic rings. The summed E-state index contributed by atoms with van der Waals surface area (Å²) < 4.78 is 10.5. The van der Waals surface area contributed by atoms with E-state index in [1.54, 1.807) is 20.1 Å². The number of rotatable bonds is 6. The zero-order valence-electron chi connectivity index (χ0n) is 17.3. The van der Waals surface area contributed by atoms with Gasteiger partial charge in [-0.1, -0.05) is 24.3 Å². The molecule has 5 nitrogen and oxygen atoms in total. The topological polar surface area (TPSA) is 55.8 Å². The summed E-state index contributed by atoms with van der Waals surface area (Å²) in [5.74, 6) is -1.04. The highest BCUT2D eigenvalue weighted by atomic mass is 16.5. The number of benzene rings is 2. The molecule has 0 bridgehead atoms. The molecule has 0 N–H and O–H groups in total. The molecule has 1 aliphatic carbocycles. The van der Waals surface area contributed by atoms with E-state index in [4.69, 9.17) is 9.47 Å². The minimum absolute atomic E-state index is 0.214. The fourth-order valence-corrected chi connectivity index (χ4v) is 3.74. The van der Waals surface area contributed by atoms with Gasteiger partial charge in [0.1, 0.15) is 11.7 Å². The van der Waals surface area contributed by atoms with E-state index in [1.165, 1.54) is 0 Å². The van der Waals surface area contributed by atoms with Gasteiger partial charge in [0, 0.05) is 25.7 Å². The normalized spacial score (nSPS) is 18.8. The maximum atomic E-state index is 13.0. The van der Waals surface area contributed by atoms with Gasteiger partial charge in [-0.05, 0) is 60.4 Å². The molecular formula is C24H27NO4. The van der Waals surface area contributed by atoms with E-state index in [-0.39, 0.29) is 18.3 Å². The molecule has 29 heavy (non-hydrogen) atoms. The van der Waals surface area contributed by atoms with Gasteiger partial charge in [0.2, 0.25) is 0 Å². The molecule has 2 aromatic carbocycles. The molecule has 0 aromatic heterocycles. The SMILES string of the molecule is CCOC(=O)[C@H]1C(=O)C=C(c2cccc(OC)c2)C[C@@H]1c1ccc(N(C)C)cc1. The number of methoxy groups -OCH3 is 1. The molecule has 0 amide bonds. The highest BCUT2D eigenvalue weighted by molar-refractivity contribution is 6.10. The molecule has 0 unspecified atom stereocenters. The van der Waals surface area contributed by atoms with Crippen LogP contribution in [-0.4, -0.2) is 39.6 Å². The fraction of sp³-hybridized carbons (Fsp3) is 0.333. The maximum absolute atomic E-state index is 13.0. The molecule has 3 rings (SSSR count). The van der Waals surface area contributed by atoms with Crippen molar-refractivity contribution in [3.63, 3.8) is 0 Å². The summed E-state index contributed by atoms with van der Waals surface area (Å²) in [6.45, 7) is 2.00. The van der Waals surface area contributed by atoms with E-state index in [0.29, 0.717) is 6.42 Å². The predicted molar refractivity (Wildman–Crippen MR) is 114 cm³/mol. The van der Waals surface area contributed by atoms with Crippen molar-refractivity contribution < 1.29 is 19.1 Å². The lowest BCUT2D eigenvalue weighted by Crippen LogP contribution is -2.34. The highest BCUT2D eigenvalue weighted by Gasteiger charge is 2.39. The van der Waals surface area contributed by atoms with Crippen molar-refractivity contribution >= 4 is 23.0 Å². The van der Waals surface area contributed by atoms with Crippen LogP contribution in [0.3, 0.4) is 0 Å². The van der Waals surface area contributed by atoms with Crippen LogP contribution in [0.1, 0.15) is 30.4 Å². The Morgan fingerprint density at radius 3 is 2.48 bits per heavy atom. The Morgan fingerprint density at radius 1 is 1.14 bits per heavy atom. The third-order valence-electron chi connectivity index (χ3n) is 5.28. The largest absolute Gasteiger partial charge is 0.497 e. The van der Waals surface area contributed by atoms with Gasteiger partial charge in [-0.15, -0.1) is 0 Å². The van der Waals surface area contributed by atoms with Crippen LogP contribution < -0.4 is 9.64 Å². The zero-order valence-corrected chi connectivity index (χ0v) is 17.3. The first kappa shape index (κ1) is 20.6. The van der Waals surface area contributed by atoms with Crippen LogP contribution in [0.15, 0.2) is 54.6 Å². The number of hydrogen-bond donors (Lipinski definition) is 0. The highest BCUT2D eigenvalue weighted by Crippen LogP contribution is 2.41. The van der Waals surface area contributed by atoms with Gasteiger partial charge in [-0.25, -0.2) is 0 Å². The number of ether oxygens (including phenoxy) is 2. The molecule has 0 fully saturated rings. The third-order valence-corrected chi connectivity index (χ3v) is 5.28. The van der Waals surface area contributed by atoms with Crippen LogP contribution in [0.5, 0.6) is 5.75 Å². The number of hydrogen-bond acceptors (Lipinski definition) is 5. The summed E-state index contributed by atoms with van der Waals surface area (Å²) in [7, 11) is 5.57. The van der Waals surface area contributed by atoms with Crippen molar-refractivity contribution in [3.05, 3.63) is 65.7 Å². The van der Waals surface area contributed by atoms with Crippen molar-refractivity contribution in [2.45, 2.75) is 19.3 Å². The Balaban J connectivity index is 2.01. The van der Waals surface area contributed by atoms with Gasteiger partial charge >= 0.3 is 5.97 Å². The van der Waals surface area contributed by atoms with Crippen molar-refractivity contribution in [1.82, 2.24) is 0 Å². The molecule has 0 spiro atoms. The molecule has 1 aliphatic rings. The summed E-state index contributed by atoms with van der Waals surface area (Å²) in [5, 5.41) is 0. The first-order chi connectivity index (χ1) is 13.9. The smallest absolute Gasteiger partial charge is 0.317 e. The van der Waals surface area contributed by atoms with Gasteiger partial charge in [-0.3, -0.25) is 9.59 Å². The number of carbonyl (C=O) groups is 2. The molecule has 0 saturated heterocycles. The monoisotopic (exact) mass is 393 g/mol. The average molecular weight is 393 g/mol. The van der Waals surface area contributed by atoms with Crippen molar-refractivity contribution in [1.29, 1.82) is 0 Å². The standard InChI is InChI=1S/C24H27NO4/c1-5-29-24(27)23-21(16-9-11-19(12-10-16)25(2)3)14-18(15-22(23)26)17-7-6-8-20(13-17)28-4/h6-13,15,21,23H,5,14H2,1-4H3/t21-,23-/m1/s1. The molecule has 2 atom stereocenters. The predicted octanol–water partition coefficient (Wildman–Crippen LogP) is 4.08. The molecule has 0 heterocycles. The van der Waals surface area contributed by atoms with E-state index in [1.807, 2.05) is 67.5 Å². The first-order valence-electron chi connectivity index (χ1n) is 9.77. The lowest BCUT2D eigenvalue weighted by Gasteiger charge is -2.30. The van der Waals surface area contributed by atoms with Crippen LogP contribution in [-0.2, 0) is 14.3 Å². The minimum atomic E-state index is -0.825. The second-order valence-corrected chi connectivity index (χ2v) is 7.33. The third kappa shape index (κ3) is 4.50. The Hall–Kier alpha value is -3.08. The van der Waals surface area contributed by atoms with Crippen LogP contribution in [0, 0.1) is 5.92 Å². The second-order valence-electron chi connectivity index (χ2n) is 7.33. The Kier molecular flexibility index (Phi) is 6.37. The van der Waals surface area contributed by atoms with E-state index < -0.39 is 11.9 Å². The average Bonchev–Trinajstić information content (AvgIpc) is 2.73.